The van der Waals surface area contributed by atoms with Crippen LogP contribution in [0.3, 0.4) is 0 Å². The van der Waals surface area contributed by atoms with Gasteiger partial charge in [-0.2, -0.15) is 0 Å². The van der Waals surface area contributed by atoms with Crippen molar-refractivity contribution < 1.29 is 24.5 Å². The molecule has 1 unspecified atom stereocenters. The highest BCUT2D eigenvalue weighted by Crippen LogP contribution is 2.13. The summed E-state index contributed by atoms with van der Waals surface area (Å²) in [6, 6.07) is 7.02. The lowest BCUT2D eigenvalue weighted by molar-refractivity contribution is -0.146. The SMILES string of the molecule is COc1cccc(CN(C)C(=O)NCCC(O)C(=O)O)c1. The zero-order valence-electron chi connectivity index (χ0n) is 12.1. The molecule has 7 heteroatoms. The Kier molecular flexibility index (Phi) is 6.48. The van der Waals surface area contributed by atoms with Gasteiger partial charge in [-0.05, 0) is 17.7 Å². The van der Waals surface area contributed by atoms with E-state index in [2.05, 4.69) is 5.32 Å². The van der Waals surface area contributed by atoms with E-state index in [0.717, 1.165) is 5.56 Å². The molecule has 2 amide bonds. The van der Waals surface area contributed by atoms with Gasteiger partial charge in [0, 0.05) is 26.6 Å². The van der Waals surface area contributed by atoms with Gasteiger partial charge in [0.25, 0.3) is 0 Å². The predicted molar refractivity (Wildman–Crippen MR) is 76.1 cm³/mol. The molecule has 0 saturated heterocycles. The van der Waals surface area contributed by atoms with Crippen molar-refractivity contribution in [3.05, 3.63) is 29.8 Å². The number of hydrogen-bond acceptors (Lipinski definition) is 4. The molecule has 1 aromatic rings. The van der Waals surface area contributed by atoms with Gasteiger partial charge in [-0.25, -0.2) is 9.59 Å². The number of amides is 2. The number of methoxy groups -OCH3 is 1. The Hall–Kier alpha value is -2.28. The molecule has 0 bridgehead atoms. The smallest absolute Gasteiger partial charge is 0.332 e. The number of ether oxygens (including phenoxy) is 1. The van der Waals surface area contributed by atoms with Crippen LogP contribution in [0.1, 0.15) is 12.0 Å². The molecular weight excluding hydrogens is 276 g/mol. The highest BCUT2D eigenvalue weighted by Gasteiger charge is 2.14. The summed E-state index contributed by atoms with van der Waals surface area (Å²) in [5.74, 6) is -0.583. The number of aliphatic hydroxyl groups excluding tert-OH is 1. The third-order valence-corrected chi connectivity index (χ3v) is 2.88. The van der Waals surface area contributed by atoms with Crippen LogP contribution in [0.4, 0.5) is 4.79 Å². The van der Waals surface area contributed by atoms with Gasteiger partial charge >= 0.3 is 12.0 Å². The van der Waals surface area contributed by atoms with Gasteiger partial charge in [-0.1, -0.05) is 12.1 Å². The van der Waals surface area contributed by atoms with Crippen molar-refractivity contribution in [1.29, 1.82) is 0 Å². The number of carbonyl (C=O) groups excluding carboxylic acids is 1. The number of aliphatic carboxylic acids is 1. The first-order valence-electron chi connectivity index (χ1n) is 6.46. The van der Waals surface area contributed by atoms with Gasteiger partial charge in [0.15, 0.2) is 6.10 Å². The fraction of sp³-hybridized carbons (Fsp3) is 0.429. The number of carbonyl (C=O) groups is 2. The molecule has 0 saturated carbocycles. The topological polar surface area (TPSA) is 99.1 Å². The van der Waals surface area contributed by atoms with E-state index in [0.29, 0.717) is 12.3 Å². The first kappa shape index (κ1) is 16.8. The minimum Gasteiger partial charge on any atom is -0.497 e. The van der Waals surface area contributed by atoms with Gasteiger partial charge in [-0.3, -0.25) is 0 Å². The van der Waals surface area contributed by atoms with E-state index in [4.69, 9.17) is 14.9 Å². The molecule has 0 aliphatic carbocycles. The van der Waals surface area contributed by atoms with Gasteiger partial charge in [-0.15, -0.1) is 0 Å². The maximum absolute atomic E-state index is 11.8. The number of nitrogens with zero attached hydrogens (tertiary/aromatic N) is 1. The van der Waals surface area contributed by atoms with Gasteiger partial charge in [0.1, 0.15) is 5.75 Å². The van der Waals surface area contributed by atoms with Crippen LogP contribution in [-0.4, -0.2) is 53.9 Å². The van der Waals surface area contributed by atoms with Gasteiger partial charge < -0.3 is 25.2 Å². The fourth-order valence-electron chi connectivity index (χ4n) is 1.69. The van der Waals surface area contributed by atoms with Gasteiger partial charge in [0.05, 0.1) is 7.11 Å². The van der Waals surface area contributed by atoms with Crippen LogP contribution in [0, 0.1) is 0 Å². The Labute approximate surface area is 123 Å². The van der Waals surface area contributed by atoms with E-state index in [1.165, 1.54) is 4.90 Å². The van der Waals surface area contributed by atoms with Crippen LogP contribution in [0.15, 0.2) is 24.3 Å². The summed E-state index contributed by atoms with van der Waals surface area (Å²) >= 11 is 0. The number of urea groups is 1. The summed E-state index contributed by atoms with van der Waals surface area (Å²) in [6.07, 6.45) is -1.50. The summed E-state index contributed by atoms with van der Waals surface area (Å²) in [5, 5.41) is 20.2. The number of hydrogen-bond donors (Lipinski definition) is 3. The lowest BCUT2D eigenvalue weighted by Crippen LogP contribution is -2.38. The second-order valence-corrected chi connectivity index (χ2v) is 4.58. The second-order valence-electron chi connectivity index (χ2n) is 4.58. The molecule has 0 aromatic heterocycles. The summed E-state index contributed by atoms with van der Waals surface area (Å²) in [5.41, 5.74) is 0.914. The Morgan fingerprint density at radius 3 is 2.76 bits per heavy atom. The molecule has 1 atom stereocenters. The number of aliphatic hydroxyl groups is 1. The van der Waals surface area contributed by atoms with Gasteiger partial charge in [0.2, 0.25) is 0 Å². The molecule has 1 rings (SSSR count). The Morgan fingerprint density at radius 1 is 1.43 bits per heavy atom. The number of carboxylic acid groups (broad SMARTS) is 1. The largest absolute Gasteiger partial charge is 0.497 e. The summed E-state index contributed by atoms with van der Waals surface area (Å²) in [7, 11) is 3.20. The maximum atomic E-state index is 11.8. The summed E-state index contributed by atoms with van der Waals surface area (Å²) in [6.45, 7) is 0.485. The Morgan fingerprint density at radius 2 is 2.14 bits per heavy atom. The summed E-state index contributed by atoms with van der Waals surface area (Å²) < 4.78 is 5.11. The monoisotopic (exact) mass is 296 g/mol. The molecule has 3 N–H and O–H groups in total. The van der Waals surface area contributed by atoms with E-state index in [9.17, 15) is 9.59 Å². The van der Waals surface area contributed by atoms with E-state index >= 15 is 0 Å². The lowest BCUT2D eigenvalue weighted by atomic mass is 10.2. The minimum absolute atomic E-state index is 0.0337. The van der Waals surface area contributed by atoms with E-state index in [1.54, 1.807) is 14.2 Å². The summed E-state index contributed by atoms with van der Waals surface area (Å²) in [4.78, 5) is 23.7. The number of nitrogens with one attached hydrogen (secondary N) is 1. The minimum atomic E-state index is -1.46. The molecule has 0 aliphatic heterocycles. The van der Waals surface area contributed by atoms with Crippen LogP contribution >= 0.6 is 0 Å². The molecule has 116 valence electrons. The standard InChI is InChI=1S/C14H20N2O5/c1-16(9-10-4-3-5-11(8-10)21-2)14(20)15-7-6-12(17)13(18)19/h3-5,8,12,17H,6-7,9H2,1-2H3,(H,15,20)(H,18,19). The number of rotatable bonds is 7. The second kappa shape index (κ2) is 8.11. The van der Waals surface area contributed by atoms with Crippen LogP contribution < -0.4 is 10.1 Å². The third-order valence-electron chi connectivity index (χ3n) is 2.88. The zero-order valence-corrected chi connectivity index (χ0v) is 12.1. The molecule has 0 heterocycles. The molecule has 0 spiro atoms. The van der Waals surface area contributed by atoms with Crippen LogP contribution in [0.25, 0.3) is 0 Å². The molecule has 0 radical (unpaired) electrons. The Bertz CT molecular complexity index is 492. The van der Waals surface area contributed by atoms with Crippen molar-refractivity contribution in [1.82, 2.24) is 10.2 Å². The quantitative estimate of drug-likeness (QED) is 0.687. The molecular formula is C14H20N2O5. The first-order chi connectivity index (χ1) is 9.93. The third kappa shape index (κ3) is 5.70. The molecule has 1 aromatic carbocycles. The van der Waals surface area contributed by atoms with Crippen LogP contribution in [0.2, 0.25) is 0 Å². The van der Waals surface area contributed by atoms with Crippen molar-refractivity contribution >= 4 is 12.0 Å². The first-order valence-corrected chi connectivity index (χ1v) is 6.46. The molecule has 21 heavy (non-hydrogen) atoms. The van der Waals surface area contributed by atoms with Crippen molar-refractivity contribution in [3.63, 3.8) is 0 Å². The van der Waals surface area contributed by atoms with Crippen LogP contribution in [-0.2, 0) is 11.3 Å². The fourth-order valence-corrected chi connectivity index (χ4v) is 1.69. The number of benzene rings is 1. The van der Waals surface area contributed by atoms with Crippen molar-refractivity contribution in [2.45, 2.75) is 19.1 Å². The van der Waals surface area contributed by atoms with Crippen molar-refractivity contribution in [2.24, 2.45) is 0 Å². The average Bonchev–Trinajstić information content (AvgIpc) is 2.46. The van der Waals surface area contributed by atoms with E-state index in [1.807, 2.05) is 24.3 Å². The highest BCUT2D eigenvalue weighted by molar-refractivity contribution is 5.74. The number of carboxylic acids is 1. The Balaban J connectivity index is 2.42. The van der Waals surface area contributed by atoms with Crippen molar-refractivity contribution in [3.8, 4) is 5.75 Å². The van der Waals surface area contributed by atoms with E-state index < -0.39 is 12.1 Å². The molecule has 0 aliphatic rings. The molecule has 0 fully saturated rings. The maximum Gasteiger partial charge on any atom is 0.332 e. The van der Waals surface area contributed by atoms with E-state index in [-0.39, 0.29) is 19.0 Å². The zero-order chi connectivity index (χ0) is 15.8. The normalized spacial score (nSPS) is 11.6. The lowest BCUT2D eigenvalue weighted by Gasteiger charge is -2.18. The predicted octanol–water partition coefficient (Wildman–Crippen LogP) is 0.672. The van der Waals surface area contributed by atoms with Crippen molar-refractivity contribution in [2.75, 3.05) is 20.7 Å². The highest BCUT2D eigenvalue weighted by atomic mass is 16.5. The average molecular weight is 296 g/mol. The van der Waals surface area contributed by atoms with Crippen LogP contribution in [0.5, 0.6) is 5.75 Å². The molecule has 7 nitrogen and oxygen atoms in total.